The summed E-state index contributed by atoms with van der Waals surface area (Å²) in [6, 6.07) is 0. The SMILES string of the molecule is CC1(C)[C-]=CC=CC1.CC1(C)[C-]=CC=CC1.CCP(CC)CC.[Zr+2]. The molecule has 2 aliphatic carbocycles. The van der Waals surface area contributed by atoms with E-state index in [2.05, 4.69) is 72.8 Å². The van der Waals surface area contributed by atoms with Gasteiger partial charge in [-0.25, -0.2) is 24.3 Å². The third-order valence-corrected chi connectivity index (χ3v) is 6.69. The Hall–Kier alpha value is 0.273. The van der Waals surface area contributed by atoms with E-state index in [0.717, 1.165) is 12.8 Å². The van der Waals surface area contributed by atoms with Crippen molar-refractivity contribution in [2.75, 3.05) is 18.5 Å². The van der Waals surface area contributed by atoms with E-state index in [1.807, 2.05) is 24.3 Å². The van der Waals surface area contributed by atoms with Crippen LogP contribution in [0.4, 0.5) is 0 Å². The van der Waals surface area contributed by atoms with Gasteiger partial charge in [0.25, 0.3) is 0 Å². The number of rotatable bonds is 3. The molecular formula is C22H37PZr. The van der Waals surface area contributed by atoms with Gasteiger partial charge in [0, 0.05) is 0 Å². The van der Waals surface area contributed by atoms with Gasteiger partial charge in [0.05, 0.1) is 0 Å². The van der Waals surface area contributed by atoms with Crippen LogP contribution in [0.1, 0.15) is 61.3 Å². The quantitative estimate of drug-likeness (QED) is 0.333. The summed E-state index contributed by atoms with van der Waals surface area (Å²) in [5.41, 5.74) is 0.573. The molecule has 0 atom stereocenters. The van der Waals surface area contributed by atoms with Gasteiger partial charge in [-0.1, -0.05) is 72.1 Å². The van der Waals surface area contributed by atoms with Crippen LogP contribution >= 0.6 is 7.92 Å². The summed E-state index contributed by atoms with van der Waals surface area (Å²) in [6.45, 7) is 15.6. The van der Waals surface area contributed by atoms with Gasteiger partial charge in [-0.15, -0.1) is 7.92 Å². The Kier molecular flexibility index (Phi) is 15.9. The molecule has 0 aromatic carbocycles. The fraction of sp³-hybridized carbons (Fsp3) is 0.636. The molecule has 0 aliphatic heterocycles. The monoisotopic (exact) mass is 422 g/mol. The van der Waals surface area contributed by atoms with Crippen molar-refractivity contribution in [2.45, 2.75) is 61.3 Å². The molecule has 0 heterocycles. The number of hydrogen-bond acceptors (Lipinski definition) is 0. The maximum absolute atomic E-state index is 3.25. The Balaban J connectivity index is 0. The van der Waals surface area contributed by atoms with Crippen molar-refractivity contribution in [2.24, 2.45) is 10.8 Å². The van der Waals surface area contributed by atoms with Gasteiger partial charge in [-0.2, -0.15) is 12.2 Å². The zero-order valence-electron chi connectivity index (χ0n) is 16.9. The van der Waals surface area contributed by atoms with E-state index in [9.17, 15) is 0 Å². The normalized spacial score (nSPS) is 18.8. The van der Waals surface area contributed by atoms with Crippen molar-refractivity contribution in [3.63, 3.8) is 0 Å². The van der Waals surface area contributed by atoms with Gasteiger partial charge in [0.2, 0.25) is 0 Å². The maximum atomic E-state index is 3.25. The zero-order valence-corrected chi connectivity index (χ0v) is 20.3. The molecule has 0 aromatic heterocycles. The molecule has 0 nitrogen and oxygen atoms in total. The van der Waals surface area contributed by atoms with Crippen molar-refractivity contribution in [1.82, 2.24) is 0 Å². The van der Waals surface area contributed by atoms with Crippen molar-refractivity contribution in [3.8, 4) is 0 Å². The Morgan fingerprint density at radius 1 is 0.750 bits per heavy atom. The average molecular weight is 424 g/mol. The number of allylic oxidation sites excluding steroid dienone is 8. The van der Waals surface area contributed by atoms with E-state index in [1.165, 1.54) is 18.5 Å². The summed E-state index contributed by atoms with van der Waals surface area (Å²) in [5.74, 6) is 0. The van der Waals surface area contributed by atoms with Crippen LogP contribution in [0.5, 0.6) is 0 Å². The molecule has 0 N–H and O–H groups in total. The molecule has 0 fully saturated rings. The Labute approximate surface area is 172 Å². The third-order valence-electron chi connectivity index (χ3n) is 4.01. The summed E-state index contributed by atoms with van der Waals surface area (Å²) in [4.78, 5) is 0. The Morgan fingerprint density at radius 2 is 1.08 bits per heavy atom. The summed E-state index contributed by atoms with van der Waals surface area (Å²) >= 11 is 0. The van der Waals surface area contributed by atoms with E-state index in [-0.39, 0.29) is 37.0 Å². The molecule has 0 radical (unpaired) electrons. The van der Waals surface area contributed by atoms with Crippen LogP contribution in [0.3, 0.4) is 0 Å². The zero-order chi connectivity index (χ0) is 17.8. The molecule has 0 spiro atoms. The van der Waals surface area contributed by atoms with Gasteiger partial charge < -0.3 is 0 Å². The first-order valence-corrected chi connectivity index (χ1v) is 10.9. The van der Waals surface area contributed by atoms with Crippen LogP contribution < -0.4 is 0 Å². The molecule has 24 heavy (non-hydrogen) atoms. The first-order chi connectivity index (χ1) is 10.8. The second-order valence-corrected chi connectivity index (χ2v) is 10.5. The van der Waals surface area contributed by atoms with Gasteiger partial charge in [0.1, 0.15) is 0 Å². The second-order valence-electron chi connectivity index (χ2n) is 7.27. The molecule has 0 saturated carbocycles. The summed E-state index contributed by atoms with van der Waals surface area (Å²) < 4.78 is 0. The van der Waals surface area contributed by atoms with E-state index in [1.54, 1.807) is 0 Å². The Morgan fingerprint density at radius 3 is 1.17 bits per heavy atom. The minimum atomic E-state index is 0. The molecule has 0 aromatic rings. The molecule has 0 unspecified atom stereocenters. The van der Waals surface area contributed by atoms with Crippen LogP contribution in [0.2, 0.25) is 0 Å². The van der Waals surface area contributed by atoms with Crippen LogP contribution in [-0.4, -0.2) is 18.5 Å². The van der Waals surface area contributed by atoms with Crippen molar-refractivity contribution in [1.29, 1.82) is 0 Å². The minimum Gasteiger partial charge on any atom is -0.269 e. The first-order valence-electron chi connectivity index (χ1n) is 9.00. The van der Waals surface area contributed by atoms with E-state index in [4.69, 9.17) is 0 Å². The molecular weight excluding hydrogens is 386 g/mol. The van der Waals surface area contributed by atoms with Crippen LogP contribution in [0.15, 0.2) is 36.5 Å². The smallest absolute Gasteiger partial charge is 0.269 e. The predicted molar refractivity (Wildman–Crippen MR) is 109 cm³/mol. The standard InChI is InChI=1S/2C8H11.C6H15P.Zr/c2*1-8(2)6-4-3-5-7-8;1-4-7(5-2)6-3;/h2*3-5H,6H2,1-2H3;4-6H2,1-3H3;/q2*-1;;+2. The van der Waals surface area contributed by atoms with Crippen LogP contribution in [0.25, 0.3) is 0 Å². The molecule has 0 amide bonds. The fourth-order valence-corrected chi connectivity index (χ4v) is 3.54. The van der Waals surface area contributed by atoms with Crippen molar-refractivity contribution >= 4 is 7.92 Å². The molecule has 134 valence electrons. The average Bonchev–Trinajstić information content (AvgIpc) is 2.50. The number of hydrogen-bond donors (Lipinski definition) is 0. The van der Waals surface area contributed by atoms with E-state index in [0.29, 0.717) is 7.92 Å². The van der Waals surface area contributed by atoms with E-state index < -0.39 is 0 Å². The van der Waals surface area contributed by atoms with Gasteiger partial charge >= 0.3 is 26.2 Å². The molecule has 2 aliphatic rings. The van der Waals surface area contributed by atoms with Crippen LogP contribution in [0, 0.1) is 23.0 Å². The topological polar surface area (TPSA) is 0 Å². The van der Waals surface area contributed by atoms with Crippen LogP contribution in [-0.2, 0) is 26.2 Å². The minimum absolute atomic E-state index is 0. The third kappa shape index (κ3) is 14.6. The summed E-state index contributed by atoms with van der Waals surface area (Å²) in [7, 11) is 0.446. The molecule has 2 rings (SSSR count). The van der Waals surface area contributed by atoms with Gasteiger partial charge in [-0.3, -0.25) is 12.2 Å². The van der Waals surface area contributed by atoms with Crippen molar-refractivity contribution < 1.29 is 26.2 Å². The summed E-state index contributed by atoms with van der Waals surface area (Å²) in [5, 5.41) is 0. The summed E-state index contributed by atoms with van der Waals surface area (Å²) in [6.07, 6.45) is 25.4. The maximum Gasteiger partial charge on any atom is 2.00 e. The molecule has 2 heteroatoms. The van der Waals surface area contributed by atoms with E-state index >= 15 is 0 Å². The largest absolute Gasteiger partial charge is 2.00 e. The predicted octanol–water partition coefficient (Wildman–Crippen LogP) is 7.19. The van der Waals surface area contributed by atoms with Gasteiger partial charge in [0.15, 0.2) is 0 Å². The van der Waals surface area contributed by atoms with Gasteiger partial charge in [-0.05, 0) is 18.5 Å². The second kappa shape index (κ2) is 14.4. The van der Waals surface area contributed by atoms with Crippen molar-refractivity contribution in [3.05, 3.63) is 48.6 Å². The Bertz CT molecular complexity index is 370. The molecule has 0 bridgehead atoms. The first kappa shape index (κ1) is 26.5. The fourth-order valence-electron chi connectivity index (χ4n) is 2.20. The molecule has 0 saturated heterocycles.